The van der Waals surface area contributed by atoms with Crippen LogP contribution in [0.2, 0.25) is 0 Å². The van der Waals surface area contributed by atoms with E-state index in [0.717, 1.165) is 61.9 Å². The van der Waals surface area contributed by atoms with Crippen molar-refractivity contribution in [3.05, 3.63) is 59.7 Å². The summed E-state index contributed by atoms with van der Waals surface area (Å²) in [4.78, 5) is 20.6. The van der Waals surface area contributed by atoms with Gasteiger partial charge in [0.25, 0.3) is 5.91 Å². The summed E-state index contributed by atoms with van der Waals surface area (Å²) in [7, 11) is 7.06. The second-order valence-electron chi connectivity index (χ2n) is 8.25. The minimum atomic E-state index is 0.0224. The van der Waals surface area contributed by atoms with E-state index in [1.807, 2.05) is 30.3 Å². The van der Waals surface area contributed by atoms with Gasteiger partial charge in [0.05, 0.1) is 12.8 Å². The maximum atomic E-state index is 12.2. The fourth-order valence-corrected chi connectivity index (χ4v) is 4.04. The quantitative estimate of drug-likeness (QED) is 0.515. The van der Waals surface area contributed by atoms with Crippen LogP contribution < -0.4 is 20.3 Å². The van der Waals surface area contributed by atoms with Crippen molar-refractivity contribution >= 4 is 17.6 Å². The van der Waals surface area contributed by atoms with Gasteiger partial charge in [0.1, 0.15) is 5.75 Å². The Balaban J connectivity index is 1.53. The summed E-state index contributed by atoms with van der Waals surface area (Å²) in [5, 5.41) is 6.98. The monoisotopic (exact) mass is 437 g/mol. The Kier molecular flexibility index (Phi) is 8.36. The van der Waals surface area contributed by atoms with Crippen LogP contribution in [-0.2, 0) is 6.42 Å². The molecule has 0 aliphatic carbocycles. The van der Waals surface area contributed by atoms with Crippen molar-refractivity contribution in [2.24, 2.45) is 4.99 Å². The van der Waals surface area contributed by atoms with Crippen molar-refractivity contribution in [2.45, 2.75) is 25.3 Å². The molecule has 172 valence electrons. The van der Waals surface area contributed by atoms with E-state index in [9.17, 15) is 4.79 Å². The first-order valence-electron chi connectivity index (χ1n) is 11.2. The maximum Gasteiger partial charge on any atom is 0.253 e. The van der Waals surface area contributed by atoms with Gasteiger partial charge >= 0.3 is 0 Å². The third-order valence-electron chi connectivity index (χ3n) is 5.70. The molecule has 2 N–H and O–H groups in total. The predicted molar refractivity (Wildman–Crippen MR) is 131 cm³/mol. The zero-order valence-corrected chi connectivity index (χ0v) is 19.6. The number of rotatable bonds is 7. The van der Waals surface area contributed by atoms with Crippen LogP contribution in [0.25, 0.3) is 0 Å². The molecule has 1 aliphatic heterocycles. The molecule has 1 heterocycles. The van der Waals surface area contributed by atoms with Crippen molar-refractivity contribution in [3.8, 4) is 5.75 Å². The highest BCUT2D eigenvalue weighted by atomic mass is 16.5. The highest BCUT2D eigenvalue weighted by molar-refractivity contribution is 5.94. The molecule has 0 spiro atoms. The molecule has 7 heteroatoms. The Labute approximate surface area is 191 Å². The van der Waals surface area contributed by atoms with E-state index in [-0.39, 0.29) is 5.91 Å². The molecule has 1 unspecified atom stereocenters. The molecule has 3 rings (SSSR count). The standard InChI is InChI=1S/C25H35N5O2/c1-26-25(27-15-14-19-9-7-10-20(17-19)24(31)29(2)3)28-21-11-8-16-30(18-21)22-12-5-6-13-23(22)32-4/h5-7,9-10,12-13,17,21H,8,11,14-16,18H2,1-4H3,(H2,26,27,28). The largest absolute Gasteiger partial charge is 0.495 e. The third-order valence-corrected chi connectivity index (χ3v) is 5.70. The molecule has 0 aromatic heterocycles. The number of benzene rings is 2. The third kappa shape index (κ3) is 6.15. The highest BCUT2D eigenvalue weighted by Crippen LogP contribution is 2.29. The van der Waals surface area contributed by atoms with Crippen molar-refractivity contribution in [1.82, 2.24) is 15.5 Å². The van der Waals surface area contributed by atoms with Crippen LogP contribution in [0.1, 0.15) is 28.8 Å². The van der Waals surface area contributed by atoms with Crippen molar-refractivity contribution in [2.75, 3.05) is 52.8 Å². The van der Waals surface area contributed by atoms with E-state index in [0.29, 0.717) is 11.6 Å². The normalized spacial score (nSPS) is 16.4. The number of ether oxygens (including phenoxy) is 1. The summed E-state index contributed by atoms with van der Waals surface area (Å²) in [5.74, 6) is 1.73. The SMILES string of the molecule is CN=C(NCCc1cccc(C(=O)N(C)C)c1)NC1CCCN(c2ccccc2OC)C1. The number of piperidine rings is 1. The van der Waals surface area contributed by atoms with Gasteiger partial charge in [0.15, 0.2) is 5.96 Å². The van der Waals surface area contributed by atoms with Crippen LogP contribution in [0.3, 0.4) is 0 Å². The molecule has 7 nitrogen and oxygen atoms in total. The van der Waals surface area contributed by atoms with Crippen molar-refractivity contribution in [3.63, 3.8) is 0 Å². The molecule has 32 heavy (non-hydrogen) atoms. The summed E-state index contributed by atoms with van der Waals surface area (Å²) in [6, 6.07) is 16.3. The molecule has 2 aromatic carbocycles. The van der Waals surface area contributed by atoms with Gasteiger partial charge in [-0.3, -0.25) is 9.79 Å². The number of carbonyl (C=O) groups excluding carboxylic acids is 1. The predicted octanol–water partition coefficient (Wildman–Crippen LogP) is 2.77. The Morgan fingerprint density at radius 3 is 2.78 bits per heavy atom. The lowest BCUT2D eigenvalue weighted by Crippen LogP contribution is -2.51. The van der Waals surface area contributed by atoms with E-state index in [1.165, 1.54) is 0 Å². The van der Waals surface area contributed by atoms with Crippen LogP contribution in [-0.4, -0.2) is 70.7 Å². The number of para-hydroxylation sites is 2. The minimum absolute atomic E-state index is 0.0224. The van der Waals surface area contributed by atoms with Crippen LogP contribution in [0, 0.1) is 0 Å². The van der Waals surface area contributed by atoms with Gasteiger partial charge in [0.2, 0.25) is 0 Å². The summed E-state index contributed by atoms with van der Waals surface area (Å²) >= 11 is 0. The molecule has 0 bridgehead atoms. The maximum absolute atomic E-state index is 12.2. The zero-order chi connectivity index (χ0) is 22.9. The average Bonchev–Trinajstić information content (AvgIpc) is 2.83. The van der Waals surface area contributed by atoms with Crippen LogP contribution in [0.5, 0.6) is 5.75 Å². The molecule has 1 amide bonds. The van der Waals surface area contributed by atoms with Gasteiger partial charge in [-0.05, 0) is 49.1 Å². The van der Waals surface area contributed by atoms with Crippen molar-refractivity contribution in [1.29, 1.82) is 0 Å². The Morgan fingerprint density at radius 1 is 1.22 bits per heavy atom. The number of amides is 1. The lowest BCUT2D eigenvalue weighted by Gasteiger charge is -2.36. The first-order chi connectivity index (χ1) is 15.5. The average molecular weight is 438 g/mol. The molecule has 1 aliphatic rings. The molecule has 0 radical (unpaired) electrons. The number of methoxy groups -OCH3 is 1. The summed E-state index contributed by atoms with van der Waals surface area (Å²) in [6.45, 7) is 2.66. The van der Waals surface area contributed by atoms with E-state index in [2.05, 4.69) is 38.7 Å². The van der Waals surface area contributed by atoms with Gasteiger partial charge < -0.3 is 25.2 Å². The van der Waals surface area contributed by atoms with Crippen LogP contribution >= 0.6 is 0 Å². The Morgan fingerprint density at radius 2 is 2.03 bits per heavy atom. The number of nitrogens with zero attached hydrogens (tertiary/aromatic N) is 3. The Bertz CT molecular complexity index is 928. The minimum Gasteiger partial charge on any atom is -0.495 e. The van der Waals surface area contributed by atoms with E-state index in [1.54, 1.807) is 33.2 Å². The molecule has 1 atom stereocenters. The lowest BCUT2D eigenvalue weighted by molar-refractivity contribution is 0.0827. The second-order valence-corrected chi connectivity index (χ2v) is 8.25. The number of aliphatic imine (C=N–C) groups is 1. The number of hydrogen-bond donors (Lipinski definition) is 2. The second kappa shape index (κ2) is 11.4. The molecule has 1 fully saturated rings. The van der Waals surface area contributed by atoms with E-state index >= 15 is 0 Å². The molecule has 1 saturated heterocycles. The molecule has 0 saturated carbocycles. The van der Waals surface area contributed by atoms with Crippen LogP contribution in [0.4, 0.5) is 5.69 Å². The number of guanidine groups is 1. The first kappa shape index (κ1) is 23.4. The lowest BCUT2D eigenvalue weighted by atomic mass is 10.0. The number of carbonyl (C=O) groups is 1. The fraction of sp³-hybridized carbons (Fsp3) is 0.440. The van der Waals surface area contributed by atoms with Gasteiger partial charge in [-0.2, -0.15) is 0 Å². The van der Waals surface area contributed by atoms with Crippen molar-refractivity contribution < 1.29 is 9.53 Å². The van der Waals surface area contributed by atoms with Gasteiger partial charge in [-0.25, -0.2) is 0 Å². The number of nitrogens with one attached hydrogen (secondary N) is 2. The Hall–Kier alpha value is -3.22. The number of hydrogen-bond acceptors (Lipinski definition) is 4. The first-order valence-corrected chi connectivity index (χ1v) is 11.2. The topological polar surface area (TPSA) is 69.2 Å². The summed E-state index contributed by atoms with van der Waals surface area (Å²) < 4.78 is 5.55. The number of anilines is 1. The molecular weight excluding hydrogens is 402 g/mol. The van der Waals surface area contributed by atoms with Gasteiger partial charge in [-0.1, -0.05) is 24.3 Å². The van der Waals surface area contributed by atoms with E-state index in [4.69, 9.17) is 4.74 Å². The zero-order valence-electron chi connectivity index (χ0n) is 19.6. The molecular formula is C25H35N5O2. The smallest absolute Gasteiger partial charge is 0.253 e. The molecule has 2 aromatic rings. The summed E-state index contributed by atoms with van der Waals surface area (Å²) in [5.41, 5.74) is 2.98. The van der Waals surface area contributed by atoms with Gasteiger partial charge in [-0.15, -0.1) is 0 Å². The van der Waals surface area contributed by atoms with E-state index < -0.39 is 0 Å². The summed E-state index contributed by atoms with van der Waals surface area (Å²) in [6.07, 6.45) is 3.02. The van der Waals surface area contributed by atoms with Crippen LogP contribution in [0.15, 0.2) is 53.5 Å². The van der Waals surface area contributed by atoms with Gasteiger partial charge in [0, 0.05) is 52.4 Å². The highest BCUT2D eigenvalue weighted by Gasteiger charge is 2.22. The fourth-order valence-electron chi connectivity index (χ4n) is 4.04.